The highest BCUT2D eigenvalue weighted by Gasteiger charge is 2.39. The van der Waals surface area contributed by atoms with Crippen LogP contribution in [0, 0.1) is 6.92 Å². The number of aromatic amines is 2. The number of amides is 1. The number of nitrogens with zero attached hydrogens (tertiary/aromatic N) is 2. The summed E-state index contributed by atoms with van der Waals surface area (Å²) in [5, 5.41) is 18.5. The minimum absolute atomic E-state index is 0.0536. The Morgan fingerprint density at radius 3 is 2.09 bits per heavy atom. The minimum Gasteiger partial charge on any atom is -0.497 e. The average molecular weight is 786 g/mol. The van der Waals surface area contributed by atoms with Crippen LogP contribution >= 0.6 is 0 Å². The van der Waals surface area contributed by atoms with Crippen molar-refractivity contribution in [2.75, 3.05) is 14.2 Å². The molecule has 0 aliphatic rings. The van der Waals surface area contributed by atoms with Crippen LogP contribution in [0.3, 0.4) is 0 Å². The molecule has 18 heteroatoms. The molecule has 4 aromatic rings. The first kappa shape index (κ1) is 45.8. The number of H-pyrrole nitrogens is 2. The molecule has 5 N–H and O–H groups in total. The van der Waals surface area contributed by atoms with E-state index in [1.165, 1.54) is 5.56 Å². The Morgan fingerprint density at radius 1 is 0.909 bits per heavy atom. The van der Waals surface area contributed by atoms with Gasteiger partial charge in [0.05, 0.1) is 19.6 Å². The van der Waals surface area contributed by atoms with Crippen molar-refractivity contribution in [3.8, 4) is 5.75 Å². The Kier molecular flexibility index (Phi) is 17.9. The van der Waals surface area contributed by atoms with Crippen LogP contribution in [0.25, 0.3) is 10.9 Å². The highest BCUT2D eigenvalue weighted by atomic mass is 19.4. The van der Waals surface area contributed by atoms with E-state index in [1.807, 2.05) is 44.3 Å². The third kappa shape index (κ3) is 16.3. The van der Waals surface area contributed by atoms with Crippen LogP contribution in [-0.2, 0) is 38.7 Å². The molecule has 0 fully saturated rings. The molecule has 2 aromatic carbocycles. The Bertz CT molecular complexity index is 1820. The maximum atomic E-state index is 13.4. The molecule has 1 unspecified atom stereocenters. The number of imidazole rings is 1. The summed E-state index contributed by atoms with van der Waals surface area (Å²) in [6.45, 7) is 5.46. The predicted molar refractivity (Wildman–Crippen MR) is 190 cm³/mol. The number of carbonyl (C=O) groups is 4. The summed E-state index contributed by atoms with van der Waals surface area (Å²) in [5.41, 5.74) is 5.19. The lowest BCUT2D eigenvalue weighted by Gasteiger charge is -2.18. The number of aliphatic carboxylic acids is 2. The first-order valence-corrected chi connectivity index (χ1v) is 17.1. The number of ether oxygens (including phenoxy) is 1. The molecule has 1 amide bonds. The Hall–Kier alpha value is -5.39. The lowest BCUT2D eigenvalue weighted by Crippen LogP contribution is -2.31. The number of aryl methyl sites for hydroxylation is 1. The summed E-state index contributed by atoms with van der Waals surface area (Å²) >= 11 is 0. The number of unbranched alkanes of at least 4 members (excludes halogenated alkanes) is 2. The first-order valence-electron chi connectivity index (χ1n) is 17.1. The number of nitrogens with one attached hydrogen (secondary N) is 3. The molecule has 302 valence electrons. The zero-order chi connectivity index (χ0) is 41.3. The van der Waals surface area contributed by atoms with E-state index in [9.17, 15) is 35.9 Å². The fourth-order valence-corrected chi connectivity index (χ4v) is 5.30. The van der Waals surface area contributed by atoms with Gasteiger partial charge in [0.15, 0.2) is 0 Å². The van der Waals surface area contributed by atoms with Crippen molar-refractivity contribution in [2.24, 2.45) is 0 Å². The molecular weight excluding hydrogens is 740 g/mol. The molecule has 2 heterocycles. The van der Waals surface area contributed by atoms with E-state index in [1.54, 1.807) is 7.11 Å². The molecule has 12 nitrogen and oxygen atoms in total. The molecule has 0 aliphatic carbocycles. The smallest absolute Gasteiger partial charge is 0.490 e. The van der Waals surface area contributed by atoms with Crippen molar-refractivity contribution in [3.63, 3.8) is 0 Å². The Balaban J connectivity index is 0.000000633. The largest absolute Gasteiger partial charge is 0.497 e. The maximum Gasteiger partial charge on any atom is 0.490 e. The topological polar surface area (TPSA) is 178 Å². The number of carboxylic acids is 2. The van der Waals surface area contributed by atoms with Crippen LogP contribution in [0.5, 0.6) is 5.75 Å². The third-order valence-corrected chi connectivity index (χ3v) is 8.04. The van der Waals surface area contributed by atoms with Crippen LogP contribution in [-0.4, -0.2) is 80.2 Å². The molecule has 0 saturated heterocycles. The number of carboxylic acid groups (broad SMARTS) is 2. The van der Waals surface area contributed by atoms with Gasteiger partial charge in [-0.3, -0.25) is 14.5 Å². The summed E-state index contributed by atoms with van der Waals surface area (Å²) in [4.78, 5) is 56.7. The van der Waals surface area contributed by atoms with Crippen LogP contribution in [0.1, 0.15) is 79.8 Å². The fourth-order valence-electron chi connectivity index (χ4n) is 5.30. The van der Waals surface area contributed by atoms with E-state index >= 15 is 0 Å². The number of rotatable bonds is 16. The second kappa shape index (κ2) is 21.5. The van der Waals surface area contributed by atoms with Crippen molar-refractivity contribution < 1.29 is 60.5 Å². The second-order valence-electron chi connectivity index (χ2n) is 12.5. The number of halogens is 6. The Morgan fingerprint density at radius 2 is 1.53 bits per heavy atom. The molecular formula is C37H45F6N5O7. The highest BCUT2D eigenvalue weighted by molar-refractivity contribution is 5.91. The van der Waals surface area contributed by atoms with Crippen LogP contribution in [0.15, 0.2) is 54.7 Å². The standard InChI is InChI=1S/C33H43N5O3.2C2HF3O2/c1-5-26(39)14-10-7-11-15-31(33-34-20-25(36-33)22-38(3)21-24-12-8-6-9-13-24)37-32(40)19-28-23(2)35-30-17-16-27(41-4)18-29(28)30;2*3-2(4,5)1(6)7/h6,8-9,12-13,16-18,20,31,35H,5,7,10-11,14-15,19,21-22H2,1-4H3,(H,34,36)(H,37,40);2*(H,6,7). The molecule has 0 aliphatic heterocycles. The summed E-state index contributed by atoms with van der Waals surface area (Å²) in [5.74, 6) is -3.74. The van der Waals surface area contributed by atoms with Gasteiger partial charge >= 0.3 is 24.3 Å². The monoisotopic (exact) mass is 785 g/mol. The maximum absolute atomic E-state index is 13.4. The number of fused-ring (bicyclic) bond motifs is 1. The normalized spacial score (nSPS) is 11.9. The number of benzene rings is 2. The van der Waals surface area contributed by atoms with Gasteiger partial charge in [-0.05, 0) is 56.1 Å². The number of hydrogen-bond acceptors (Lipinski definition) is 7. The van der Waals surface area contributed by atoms with Crippen molar-refractivity contribution in [1.29, 1.82) is 0 Å². The number of alkyl halides is 6. The molecule has 1 atom stereocenters. The quantitative estimate of drug-likeness (QED) is 0.0571. The van der Waals surface area contributed by atoms with Crippen LogP contribution in [0.4, 0.5) is 26.3 Å². The van der Waals surface area contributed by atoms with Crippen molar-refractivity contribution in [3.05, 3.63) is 83.1 Å². The van der Waals surface area contributed by atoms with E-state index in [4.69, 9.17) is 24.5 Å². The van der Waals surface area contributed by atoms with Crippen molar-refractivity contribution >= 4 is 34.5 Å². The summed E-state index contributed by atoms with van der Waals surface area (Å²) < 4.78 is 68.9. The molecule has 0 spiro atoms. The average Bonchev–Trinajstić information content (AvgIpc) is 3.70. The van der Waals surface area contributed by atoms with Gasteiger partial charge < -0.3 is 30.2 Å². The number of hydrogen-bond donors (Lipinski definition) is 5. The molecule has 55 heavy (non-hydrogen) atoms. The van der Waals surface area contributed by atoms with Gasteiger partial charge in [-0.1, -0.05) is 50.1 Å². The molecule has 0 bridgehead atoms. The third-order valence-electron chi connectivity index (χ3n) is 8.04. The predicted octanol–water partition coefficient (Wildman–Crippen LogP) is 7.44. The first-order chi connectivity index (χ1) is 25.7. The zero-order valence-electron chi connectivity index (χ0n) is 30.7. The summed E-state index contributed by atoms with van der Waals surface area (Å²) in [7, 11) is 3.73. The lowest BCUT2D eigenvalue weighted by atomic mass is 10.0. The summed E-state index contributed by atoms with van der Waals surface area (Å²) in [6.07, 6.45) is -3.37. The SMILES string of the molecule is CCC(=O)CCCCCC(NC(=O)Cc1c(C)[nH]c2ccc(OC)cc12)c1ncc(CN(C)Cc2ccccc2)[nH]1.O=C(O)C(F)(F)F.O=C(O)C(F)(F)F. The summed E-state index contributed by atoms with van der Waals surface area (Å²) in [6, 6.07) is 16.0. The van der Waals surface area contributed by atoms with Gasteiger partial charge in [-0.15, -0.1) is 0 Å². The van der Waals surface area contributed by atoms with Gasteiger partial charge in [-0.25, -0.2) is 14.6 Å². The van der Waals surface area contributed by atoms with E-state index < -0.39 is 24.3 Å². The van der Waals surface area contributed by atoms with E-state index in [-0.39, 0.29) is 18.4 Å². The van der Waals surface area contributed by atoms with Gasteiger partial charge in [0.2, 0.25) is 5.91 Å². The van der Waals surface area contributed by atoms with E-state index in [0.29, 0.717) is 18.6 Å². The zero-order valence-corrected chi connectivity index (χ0v) is 30.7. The van der Waals surface area contributed by atoms with Crippen LogP contribution < -0.4 is 10.1 Å². The number of aromatic nitrogens is 3. The second-order valence-corrected chi connectivity index (χ2v) is 12.5. The van der Waals surface area contributed by atoms with Gasteiger partial charge in [-0.2, -0.15) is 26.3 Å². The molecule has 0 saturated carbocycles. The number of Topliss-reactive ketones (excluding diaryl/α,β-unsaturated/α-hetero) is 1. The van der Waals surface area contributed by atoms with Crippen LogP contribution in [0.2, 0.25) is 0 Å². The van der Waals surface area contributed by atoms with Gasteiger partial charge in [0.1, 0.15) is 17.4 Å². The van der Waals surface area contributed by atoms with E-state index in [0.717, 1.165) is 78.2 Å². The van der Waals surface area contributed by atoms with Gasteiger partial charge in [0, 0.05) is 54.4 Å². The number of carbonyl (C=O) groups excluding carboxylic acids is 2. The molecule has 0 radical (unpaired) electrons. The highest BCUT2D eigenvalue weighted by Crippen LogP contribution is 2.27. The minimum atomic E-state index is -5.08. The van der Waals surface area contributed by atoms with Crippen molar-refractivity contribution in [2.45, 2.75) is 90.3 Å². The van der Waals surface area contributed by atoms with Gasteiger partial charge in [0.25, 0.3) is 0 Å². The van der Waals surface area contributed by atoms with E-state index in [2.05, 4.69) is 56.5 Å². The molecule has 4 rings (SSSR count). The lowest BCUT2D eigenvalue weighted by molar-refractivity contribution is -0.193. The van der Waals surface area contributed by atoms with Crippen molar-refractivity contribution in [1.82, 2.24) is 25.2 Å². The molecule has 2 aromatic heterocycles. The fraction of sp³-hybridized carbons (Fsp3) is 0.432. The Labute approximate surface area is 313 Å². The number of methoxy groups -OCH3 is 1. The number of ketones is 1.